The Morgan fingerprint density at radius 2 is 2.35 bits per heavy atom. The number of benzene rings is 1. The van der Waals surface area contributed by atoms with Gasteiger partial charge in [0.25, 0.3) is 0 Å². The molecule has 0 bridgehead atoms. The number of carbonyl (C=O) groups is 1. The standard InChI is InChI=1S/C13H15NO3/c1-14-4-5-17-12-3-2-8(6-11(12)14)9-7-10(9)13(15)16/h2-3,6,9-10H,4-5,7H2,1H3,(H,15,16)/t9-,10+/m0/s1. The van der Waals surface area contributed by atoms with Crippen LogP contribution in [0.3, 0.4) is 0 Å². The van der Waals surface area contributed by atoms with Crippen LogP contribution in [0.1, 0.15) is 17.9 Å². The third kappa shape index (κ3) is 1.73. The minimum atomic E-state index is -0.683. The average Bonchev–Trinajstić information content (AvgIpc) is 3.09. The van der Waals surface area contributed by atoms with E-state index in [1.807, 2.05) is 19.2 Å². The lowest BCUT2D eigenvalue weighted by molar-refractivity contribution is -0.138. The maximum Gasteiger partial charge on any atom is 0.307 e. The molecule has 4 nitrogen and oxygen atoms in total. The topological polar surface area (TPSA) is 49.8 Å². The van der Waals surface area contributed by atoms with Crippen LogP contribution in [0, 0.1) is 5.92 Å². The van der Waals surface area contributed by atoms with Crippen molar-refractivity contribution in [2.24, 2.45) is 5.92 Å². The summed E-state index contributed by atoms with van der Waals surface area (Å²) in [6.07, 6.45) is 0.763. The van der Waals surface area contributed by atoms with Crippen molar-refractivity contribution >= 4 is 11.7 Å². The number of carboxylic acids is 1. The summed E-state index contributed by atoms with van der Waals surface area (Å²) in [6.45, 7) is 1.59. The molecule has 0 spiro atoms. The Balaban J connectivity index is 1.88. The second kappa shape index (κ2) is 3.65. The molecule has 2 atom stereocenters. The van der Waals surface area contributed by atoms with E-state index in [1.165, 1.54) is 0 Å². The lowest BCUT2D eigenvalue weighted by Gasteiger charge is -2.28. The SMILES string of the molecule is CN1CCOc2ccc([C@@H]3C[C@H]3C(=O)O)cc21. The summed E-state index contributed by atoms with van der Waals surface area (Å²) >= 11 is 0. The van der Waals surface area contributed by atoms with Crippen molar-refractivity contribution in [2.45, 2.75) is 12.3 Å². The van der Waals surface area contributed by atoms with Crippen molar-refractivity contribution in [1.82, 2.24) is 0 Å². The van der Waals surface area contributed by atoms with E-state index in [1.54, 1.807) is 0 Å². The van der Waals surface area contributed by atoms with Crippen molar-refractivity contribution in [3.8, 4) is 5.75 Å². The molecule has 0 aromatic heterocycles. The zero-order chi connectivity index (χ0) is 12.0. The Morgan fingerprint density at radius 1 is 1.53 bits per heavy atom. The fourth-order valence-electron chi connectivity index (χ4n) is 2.43. The number of anilines is 1. The minimum absolute atomic E-state index is 0.188. The molecule has 2 aliphatic rings. The van der Waals surface area contributed by atoms with Crippen LogP contribution in [-0.4, -0.2) is 31.3 Å². The molecule has 90 valence electrons. The summed E-state index contributed by atoms with van der Waals surface area (Å²) in [5.74, 6) is 0.211. The molecule has 17 heavy (non-hydrogen) atoms. The quantitative estimate of drug-likeness (QED) is 0.844. The molecule has 1 aliphatic carbocycles. The minimum Gasteiger partial charge on any atom is -0.490 e. The lowest BCUT2D eigenvalue weighted by Crippen LogP contribution is -2.28. The maximum absolute atomic E-state index is 10.9. The number of carboxylic acid groups (broad SMARTS) is 1. The Hall–Kier alpha value is -1.71. The summed E-state index contributed by atoms with van der Waals surface area (Å²) in [5, 5.41) is 8.94. The molecule has 1 N–H and O–H groups in total. The Morgan fingerprint density at radius 3 is 3.06 bits per heavy atom. The van der Waals surface area contributed by atoms with E-state index in [2.05, 4.69) is 11.0 Å². The highest BCUT2D eigenvalue weighted by Crippen LogP contribution is 2.49. The maximum atomic E-state index is 10.9. The summed E-state index contributed by atoms with van der Waals surface area (Å²) < 4.78 is 5.57. The summed E-state index contributed by atoms with van der Waals surface area (Å²) in [7, 11) is 2.03. The van der Waals surface area contributed by atoms with Crippen LogP contribution in [0.25, 0.3) is 0 Å². The van der Waals surface area contributed by atoms with Crippen molar-refractivity contribution < 1.29 is 14.6 Å². The monoisotopic (exact) mass is 233 g/mol. The van der Waals surface area contributed by atoms with E-state index in [4.69, 9.17) is 9.84 Å². The van der Waals surface area contributed by atoms with Crippen LogP contribution >= 0.6 is 0 Å². The van der Waals surface area contributed by atoms with Gasteiger partial charge in [0.2, 0.25) is 0 Å². The van der Waals surface area contributed by atoms with E-state index in [-0.39, 0.29) is 11.8 Å². The molecule has 4 heteroatoms. The summed E-state index contributed by atoms with van der Waals surface area (Å²) in [6, 6.07) is 6.02. The number of hydrogen-bond donors (Lipinski definition) is 1. The van der Waals surface area contributed by atoms with Gasteiger partial charge in [-0.1, -0.05) is 6.07 Å². The molecule has 0 radical (unpaired) electrons. The van der Waals surface area contributed by atoms with Crippen LogP contribution in [0.5, 0.6) is 5.75 Å². The summed E-state index contributed by atoms with van der Waals surface area (Å²) in [4.78, 5) is 13.0. The van der Waals surface area contributed by atoms with Crippen molar-refractivity contribution in [1.29, 1.82) is 0 Å². The van der Waals surface area contributed by atoms with Crippen LogP contribution in [-0.2, 0) is 4.79 Å². The molecule has 3 rings (SSSR count). The van der Waals surface area contributed by atoms with Crippen molar-refractivity contribution in [3.05, 3.63) is 23.8 Å². The van der Waals surface area contributed by atoms with E-state index in [0.29, 0.717) is 6.61 Å². The molecule has 0 saturated heterocycles. The first-order valence-corrected chi connectivity index (χ1v) is 5.87. The zero-order valence-corrected chi connectivity index (χ0v) is 9.72. The Labute approximate surface area is 99.8 Å². The number of ether oxygens (including phenoxy) is 1. The van der Waals surface area contributed by atoms with Crippen LogP contribution < -0.4 is 9.64 Å². The molecule has 1 heterocycles. The lowest BCUT2D eigenvalue weighted by atomic mass is 10.1. The van der Waals surface area contributed by atoms with Gasteiger partial charge in [-0.05, 0) is 30.0 Å². The predicted molar refractivity (Wildman–Crippen MR) is 63.7 cm³/mol. The van der Waals surface area contributed by atoms with Gasteiger partial charge in [0, 0.05) is 7.05 Å². The molecule has 1 aromatic carbocycles. The molecular formula is C13H15NO3. The fraction of sp³-hybridized carbons (Fsp3) is 0.462. The molecule has 1 fully saturated rings. The highest BCUT2D eigenvalue weighted by Gasteiger charge is 2.44. The largest absolute Gasteiger partial charge is 0.490 e. The van der Waals surface area contributed by atoms with Crippen LogP contribution in [0.4, 0.5) is 5.69 Å². The molecule has 0 unspecified atom stereocenters. The van der Waals surface area contributed by atoms with Crippen molar-refractivity contribution in [2.75, 3.05) is 25.1 Å². The molecule has 1 aliphatic heterocycles. The van der Waals surface area contributed by atoms with E-state index >= 15 is 0 Å². The van der Waals surface area contributed by atoms with Gasteiger partial charge in [-0.2, -0.15) is 0 Å². The van der Waals surface area contributed by atoms with E-state index in [0.717, 1.165) is 30.0 Å². The number of likely N-dealkylation sites (N-methyl/N-ethyl adjacent to an activating group) is 1. The van der Waals surface area contributed by atoms with Gasteiger partial charge in [-0.25, -0.2) is 0 Å². The second-order valence-corrected chi connectivity index (χ2v) is 4.78. The number of hydrogen-bond acceptors (Lipinski definition) is 3. The normalized spacial score (nSPS) is 26.1. The van der Waals surface area contributed by atoms with Gasteiger partial charge in [-0.3, -0.25) is 4.79 Å². The first-order valence-electron chi connectivity index (χ1n) is 5.87. The first kappa shape index (κ1) is 10.4. The second-order valence-electron chi connectivity index (χ2n) is 4.78. The smallest absolute Gasteiger partial charge is 0.307 e. The van der Waals surface area contributed by atoms with Gasteiger partial charge in [-0.15, -0.1) is 0 Å². The van der Waals surface area contributed by atoms with Gasteiger partial charge in [0.1, 0.15) is 12.4 Å². The molecule has 1 saturated carbocycles. The fourth-order valence-corrected chi connectivity index (χ4v) is 2.43. The van der Waals surface area contributed by atoms with Gasteiger partial charge in [0.15, 0.2) is 0 Å². The number of nitrogens with zero attached hydrogens (tertiary/aromatic N) is 1. The van der Waals surface area contributed by atoms with Gasteiger partial charge in [0.05, 0.1) is 18.2 Å². The van der Waals surface area contributed by atoms with Crippen LogP contribution in [0.2, 0.25) is 0 Å². The number of fused-ring (bicyclic) bond motifs is 1. The molecular weight excluding hydrogens is 218 g/mol. The number of aliphatic carboxylic acids is 1. The highest BCUT2D eigenvalue weighted by atomic mass is 16.5. The number of rotatable bonds is 2. The third-order valence-electron chi connectivity index (χ3n) is 3.61. The first-order chi connectivity index (χ1) is 8.16. The van der Waals surface area contributed by atoms with Crippen molar-refractivity contribution in [3.63, 3.8) is 0 Å². The Bertz CT molecular complexity index is 472. The Kier molecular flexibility index (Phi) is 2.24. The average molecular weight is 233 g/mol. The third-order valence-corrected chi connectivity index (χ3v) is 3.61. The predicted octanol–water partition coefficient (Wildman–Crippen LogP) is 1.70. The summed E-state index contributed by atoms with van der Waals surface area (Å²) in [5.41, 5.74) is 2.19. The molecule has 0 amide bonds. The molecule has 1 aromatic rings. The van der Waals surface area contributed by atoms with Crippen LogP contribution in [0.15, 0.2) is 18.2 Å². The van der Waals surface area contributed by atoms with Gasteiger partial charge < -0.3 is 14.7 Å². The van der Waals surface area contributed by atoms with E-state index < -0.39 is 5.97 Å². The van der Waals surface area contributed by atoms with Gasteiger partial charge >= 0.3 is 5.97 Å². The highest BCUT2D eigenvalue weighted by molar-refractivity contribution is 5.75. The zero-order valence-electron chi connectivity index (χ0n) is 9.72. The van der Waals surface area contributed by atoms with E-state index in [9.17, 15) is 4.79 Å².